The summed E-state index contributed by atoms with van der Waals surface area (Å²) in [5, 5.41) is 2.72. The van der Waals surface area contributed by atoms with Crippen molar-refractivity contribution in [2.24, 2.45) is 0 Å². The molecule has 0 radical (unpaired) electrons. The summed E-state index contributed by atoms with van der Waals surface area (Å²) in [5.41, 5.74) is -0.498. The Morgan fingerprint density at radius 2 is 2.13 bits per heavy atom. The van der Waals surface area contributed by atoms with Crippen LogP contribution >= 0.6 is 0 Å². The fraction of sp³-hybridized carbons (Fsp3) is 0.647. The number of unbranched alkanes of at least 4 members (excludes halogenated alkanes) is 1. The van der Waals surface area contributed by atoms with Crippen LogP contribution in [0.15, 0.2) is 11.8 Å². The molecule has 0 unspecified atom stereocenters. The number of hydrogen-bond donors (Lipinski definition) is 1. The molecule has 0 bridgehead atoms. The quantitative estimate of drug-likeness (QED) is 0.575. The van der Waals surface area contributed by atoms with E-state index in [0.29, 0.717) is 12.3 Å². The minimum absolute atomic E-state index is 0.114. The fourth-order valence-corrected chi connectivity index (χ4v) is 2.35. The average Bonchev–Trinajstić information content (AvgIpc) is 2.73. The van der Waals surface area contributed by atoms with Gasteiger partial charge in [-0.2, -0.15) is 0 Å². The zero-order valence-electron chi connectivity index (χ0n) is 14.3. The van der Waals surface area contributed by atoms with Crippen molar-refractivity contribution >= 4 is 12.0 Å². The molecular formula is C17H26N2O4. The van der Waals surface area contributed by atoms with Crippen molar-refractivity contribution in [3.63, 3.8) is 0 Å². The molecule has 1 N–H and O–H groups in total. The van der Waals surface area contributed by atoms with Crippen LogP contribution in [0.2, 0.25) is 0 Å². The van der Waals surface area contributed by atoms with E-state index >= 15 is 0 Å². The van der Waals surface area contributed by atoms with Crippen molar-refractivity contribution in [1.82, 2.24) is 10.2 Å². The van der Waals surface area contributed by atoms with Gasteiger partial charge in [0.1, 0.15) is 11.4 Å². The molecule has 23 heavy (non-hydrogen) atoms. The molecule has 0 aromatic carbocycles. The highest BCUT2D eigenvalue weighted by Crippen LogP contribution is 2.24. The Morgan fingerprint density at radius 1 is 1.43 bits per heavy atom. The number of carbonyl (C=O) groups is 2. The first-order valence-corrected chi connectivity index (χ1v) is 7.75. The third-order valence-electron chi connectivity index (χ3n) is 3.32. The van der Waals surface area contributed by atoms with Gasteiger partial charge in [0.25, 0.3) is 5.91 Å². The molecule has 1 rings (SSSR count). The van der Waals surface area contributed by atoms with E-state index < -0.39 is 11.7 Å². The number of nitrogens with one attached hydrogen (secondary N) is 1. The summed E-state index contributed by atoms with van der Waals surface area (Å²) < 4.78 is 10.4. The molecular weight excluding hydrogens is 296 g/mol. The molecule has 6 heteroatoms. The summed E-state index contributed by atoms with van der Waals surface area (Å²) >= 11 is 0. The van der Waals surface area contributed by atoms with Crippen LogP contribution in [0, 0.1) is 12.3 Å². The summed E-state index contributed by atoms with van der Waals surface area (Å²) in [6, 6.07) is -0.120. The van der Waals surface area contributed by atoms with E-state index in [2.05, 4.69) is 11.2 Å². The Balaban J connectivity index is 2.34. The number of terminal acetylenes is 1. The van der Waals surface area contributed by atoms with Gasteiger partial charge in [0.2, 0.25) is 0 Å². The minimum Gasteiger partial charge on any atom is -0.499 e. The highest BCUT2D eigenvalue weighted by Gasteiger charge is 2.32. The maximum Gasteiger partial charge on any atom is 0.407 e. The molecule has 0 saturated heterocycles. The number of nitrogens with zero attached hydrogens (tertiary/aromatic N) is 1. The highest BCUT2D eigenvalue weighted by atomic mass is 16.6. The standard InChI is InChI=1S/C17H26N2O4/c1-6-11-19-13(14(22-5)12-15(19)20)9-7-8-10-18-16(21)23-17(2,3)4/h1,12-13H,7-11H2,2-5H3,(H,18,21)/t13-/m1/s1. The van der Waals surface area contributed by atoms with Crippen LogP contribution in [0.4, 0.5) is 4.79 Å². The second kappa shape index (κ2) is 8.47. The van der Waals surface area contributed by atoms with Crippen molar-refractivity contribution in [2.75, 3.05) is 20.2 Å². The predicted octanol–water partition coefficient (Wildman–Crippen LogP) is 2.06. The maximum atomic E-state index is 11.9. The molecule has 0 aromatic rings. The molecule has 1 atom stereocenters. The van der Waals surface area contributed by atoms with Gasteiger partial charge in [-0.25, -0.2) is 4.79 Å². The third-order valence-corrected chi connectivity index (χ3v) is 3.32. The number of ether oxygens (including phenoxy) is 2. The number of rotatable bonds is 7. The van der Waals surface area contributed by atoms with Crippen molar-refractivity contribution in [1.29, 1.82) is 0 Å². The normalized spacial score (nSPS) is 17.5. The maximum absolute atomic E-state index is 11.9. The molecule has 0 aliphatic carbocycles. The lowest BCUT2D eigenvalue weighted by atomic mass is 10.1. The van der Waals surface area contributed by atoms with Crippen LogP contribution in [-0.4, -0.2) is 48.7 Å². The van der Waals surface area contributed by atoms with Crippen molar-refractivity contribution < 1.29 is 19.1 Å². The van der Waals surface area contributed by atoms with E-state index in [1.165, 1.54) is 6.08 Å². The second-order valence-electron chi connectivity index (χ2n) is 6.36. The van der Waals surface area contributed by atoms with E-state index in [-0.39, 0.29) is 18.5 Å². The number of amides is 2. The highest BCUT2D eigenvalue weighted by molar-refractivity contribution is 5.91. The lowest BCUT2D eigenvalue weighted by Gasteiger charge is -2.24. The van der Waals surface area contributed by atoms with Gasteiger partial charge in [-0.3, -0.25) is 4.79 Å². The van der Waals surface area contributed by atoms with Gasteiger partial charge in [0.05, 0.1) is 19.7 Å². The summed E-state index contributed by atoms with van der Waals surface area (Å²) in [5.74, 6) is 3.03. The molecule has 1 aliphatic heterocycles. The van der Waals surface area contributed by atoms with Gasteiger partial charge in [-0.1, -0.05) is 5.92 Å². The topological polar surface area (TPSA) is 67.9 Å². The molecule has 1 aliphatic rings. The number of methoxy groups -OCH3 is 1. The lowest BCUT2D eigenvalue weighted by molar-refractivity contribution is -0.125. The summed E-state index contributed by atoms with van der Waals surface area (Å²) in [6.07, 6.45) is 8.73. The Labute approximate surface area is 138 Å². The first-order valence-electron chi connectivity index (χ1n) is 7.75. The van der Waals surface area contributed by atoms with Crippen LogP contribution in [0.1, 0.15) is 40.0 Å². The first-order chi connectivity index (χ1) is 10.8. The van der Waals surface area contributed by atoms with Crippen LogP contribution < -0.4 is 5.32 Å². The Hall–Kier alpha value is -2.16. The summed E-state index contributed by atoms with van der Waals surface area (Å²) in [6.45, 7) is 6.26. The van der Waals surface area contributed by atoms with Crippen LogP contribution in [0.3, 0.4) is 0 Å². The molecule has 0 fully saturated rings. The SMILES string of the molecule is C#CCN1C(=O)C=C(OC)[C@H]1CCCCNC(=O)OC(C)(C)C. The van der Waals surface area contributed by atoms with E-state index in [0.717, 1.165) is 19.3 Å². The molecule has 1 heterocycles. The fourth-order valence-electron chi connectivity index (χ4n) is 2.35. The summed E-state index contributed by atoms with van der Waals surface area (Å²) in [4.78, 5) is 25.0. The Bertz CT molecular complexity index is 500. The van der Waals surface area contributed by atoms with E-state index in [9.17, 15) is 9.59 Å². The van der Waals surface area contributed by atoms with E-state index in [1.807, 2.05) is 20.8 Å². The van der Waals surface area contributed by atoms with Gasteiger partial charge >= 0.3 is 6.09 Å². The Kier molecular flexibility index (Phi) is 6.95. The van der Waals surface area contributed by atoms with Crippen molar-refractivity contribution in [3.8, 4) is 12.3 Å². The molecule has 0 spiro atoms. The van der Waals surface area contributed by atoms with Crippen molar-refractivity contribution in [3.05, 3.63) is 11.8 Å². The minimum atomic E-state index is -0.498. The van der Waals surface area contributed by atoms with Crippen LogP contribution in [-0.2, 0) is 14.3 Å². The van der Waals surface area contributed by atoms with Crippen LogP contribution in [0.25, 0.3) is 0 Å². The van der Waals surface area contributed by atoms with Gasteiger partial charge in [-0.05, 0) is 40.0 Å². The molecule has 0 saturated carbocycles. The molecule has 0 aromatic heterocycles. The van der Waals surface area contributed by atoms with Crippen molar-refractivity contribution in [2.45, 2.75) is 51.7 Å². The average molecular weight is 322 g/mol. The molecule has 128 valence electrons. The number of carbonyl (C=O) groups excluding carboxylic acids is 2. The zero-order valence-corrected chi connectivity index (χ0v) is 14.3. The van der Waals surface area contributed by atoms with Gasteiger partial charge in [0.15, 0.2) is 0 Å². The monoisotopic (exact) mass is 322 g/mol. The lowest BCUT2D eigenvalue weighted by Crippen LogP contribution is -2.36. The predicted molar refractivity (Wildman–Crippen MR) is 87.5 cm³/mol. The Morgan fingerprint density at radius 3 is 2.70 bits per heavy atom. The van der Waals surface area contributed by atoms with Gasteiger partial charge in [0, 0.05) is 12.6 Å². The van der Waals surface area contributed by atoms with Gasteiger partial charge < -0.3 is 19.7 Å². The number of hydrogen-bond acceptors (Lipinski definition) is 4. The largest absolute Gasteiger partial charge is 0.499 e. The third kappa shape index (κ3) is 6.23. The molecule has 2 amide bonds. The zero-order chi connectivity index (χ0) is 17.5. The smallest absolute Gasteiger partial charge is 0.407 e. The second-order valence-corrected chi connectivity index (χ2v) is 6.36. The van der Waals surface area contributed by atoms with Gasteiger partial charge in [-0.15, -0.1) is 6.42 Å². The van der Waals surface area contributed by atoms with Crippen LogP contribution in [0.5, 0.6) is 0 Å². The van der Waals surface area contributed by atoms with E-state index in [1.54, 1.807) is 12.0 Å². The summed E-state index contributed by atoms with van der Waals surface area (Å²) in [7, 11) is 1.55. The number of alkyl carbamates (subject to hydrolysis) is 1. The molecule has 6 nitrogen and oxygen atoms in total. The van der Waals surface area contributed by atoms with E-state index in [4.69, 9.17) is 15.9 Å². The first kappa shape index (κ1) is 18.9.